The summed E-state index contributed by atoms with van der Waals surface area (Å²) in [6.45, 7) is 1.00. The number of rotatable bonds is 9. The number of carbonyl (C=O) groups is 1. The van der Waals surface area contributed by atoms with Crippen molar-refractivity contribution in [1.82, 2.24) is 10.3 Å². The molecule has 8 heteroatoms. The quantitative estimate of drug-likeness (QED) is 0.383. The number of carbonyl (C=O) groups excluding carboxylic acids is 1. The number of amides is 1. The number of methoxy groups -OCH3 is 3. The number of hydrogen-bond donors (Lipinski definition) is 2. The highest BCUT2D eigenvalue weighted by molar-refractivity contribution is 6.31. The van der Waals surface area contributed by atoms with Gasteiger partial charge in [-0.15, -0.1) is 0 Å². The molecule has 0 spiro atoms. The lowest BCUT2D eigenvalue weighted by Gasteiger charge is -2.12. The SMILES string of the molecule is COc1cc(OC)c(OC)cc1/C=C/C(=O)NCCNc1ccnc2cc(Cl)ccc12. The molecule has 0 radical (unpaired) electrons. The summed E-state index contributed by atoms with van der Waals surface area (Å²) >= 11 is 6.02. The molecule has 2 aromatic carbocycles. The minimum atomic E-state index is -0.218. The van der Waals surface area contributed by atoms with Gasteiger partial charge in [-0.1, -0.05) is 11.6 Å². The minimum Gasteiger partial charge on any atom is -0.496 e. The first-order valence-corrected chi connectivity index (χ1v) is 9.97. The van der Waals surface area contributed by atoms with Gasteiger partial charge in [-0.25, -0.2) is 0 Å². The molecule has 162 valence electrons. The van der Waals surface area contributed by atoms with E-state index < -0.39 is 0 Å². The predicted molar refractivity (Wildman–Crippen MR) is 123 cm³/mol. The number of fused-ring (bicyclic) bond motifs is 1. The number of nitrogens with zero attached hydrogens (tertiary/aromatic N) is 1. The van der Waals surface area contributed by atoms with E-state index in [0.29, 0.717) is 40.9 Å². The highest BCUT2D eigenvalue weighted by Crippen LogP contribution is 2.35. The number of nitrogens with one attached hydrogen (secondary N) is 2. The molecular formula is C23H24ClN3O4. The van der Waals surface area contributed by atoms with Gasteiger partial charge < -0.3 is 24.8 Å². The van der Waals surface area contributed by atoms with Crippen molar-refractivity contribution in [3.05, 3.63) is 59.3 Å². The lowest BCUT2D eigenvalue weighted by molar-refractivity contribution is -0.116. The molecule has 0 atom stereocenters. The molecule has 0 unspecified atom stereocenters. The van der Waals surface area contributed by atoms with Gasteiger partial charge in [0.2, 0.25) is 5.91 Å². The summed E-state index contributed by atoms with van der Waals surface area (Å²) in [6, 6.07) is 10.9. The maximum absolute atomic E-state index is 12.2. The number of benzene rings is 2. The van der Waals surface area contributed by atoms with Crippen LogP contribution < -0.4 is 24.8 Å². The Hall–Kier alpha value is -3.45. The number of halogens is 1. The monoisotopic (exact) mass is 441 g/mol. The van der Waals surface area contributed by atoms with Gasteiger partial charge in [0.15, 0.2) is 11.5 Å². The Morgan fingerprint density at radius 2 is 1.74 bits per heavy atom. The average molecular weight is 442 g/mol. The fourth-order valence-corrected chi connectivity index (χ4v) is 3.23. The fraction of sp³-hybridized carbons (Fsp3) is 0.217. The van der Waals surface area contributed by atoms with Crippen LogP contribution in [-0.2, 0) is 4.79 Å². The van der Waals surface area contributed by atoms with E-state index >= 15 is 0 Å². The molecule has 0 saturated carbocycles. The third-order valence-corrected chi connectivity index (χ3v) is 4.83. The van der Waals surface area contributed by atoms with Crippen LogP contribution in [0.15, 0.2) is 48.7 Å². The molecule has 2 N–H and O–H groups in total. The van der Waals surface area contributed by atoms with Gasteiger partial charge in [0.05, 0.1) is 26.8 Å². The first kappa shape index (κ1) is 22.2. The smallest absolute Gasteiger partial charge is 0.244 e. The zero-order valence-electron chi connectivity index (χ0n) is 17.6. The molecule has 0 aliphatic rings. The summed E-state index contributed by atoms with van der Waals surface area (Å²) in [5.74, 6) is 1.47. The fourth-order valence-electron chi connectivity index (χ4n) is 3.07. The molecule has 3 rings (SSSR count). The van der Waals surface area contributed by atoms with Gasteiger partial charge in [0.25, 0.3) is 0 Å². The van der Waals surface area contributed by atoms with Crippen LogP contribution in [0.4, 0.5) is 5.69 Å². The van der Waals surface area contributed by atoms with E-state index in [1.165, 1.54) is 6.08 Å². The van der Waals surface area contributed by atoms with Crippen molar-refractivity contribution in [2.75, 3.05) is 39.7 Å². The van der Waals surface area contributed by atoms with Gasteiger partial charge in [-0.05, 0) is 36.4 Å². The van der Waals surface area contributed by atoms with Crippen molar-refractivity contribution in [2.24, 2.45) is 0 Å². The minimum absolute atomic E-state index is 0.218. The molecule has 0 aliphatic carbocycles. The first-order valence-electron chi connectivity index (χ1n) is 9.59. The van der Waals surface area contributed by atoms with Gasteiger partial charge in [-0.2, -0.15) is 0 Å². The van der Waals surface area contributed by atoms with Crippen LogP contribution in [0.1, 0.15) is 5.56 Å². The van der Waals surface area contributed by atoms with Crippen LogP contribution in [0.25, 0.3) is 17.0 Å². The molecule has 0 bridgehead atoms. The number of hydrogen-bond acceptors (Lipinski definition) is 6. The maximum Gasteiger partial charge on any atom is 0.244 e. The Morgan fingerprint density at radius 3 is 2.48 bits per heavy atom. The topological polar surface area (TPSA) is 81.7 Å². The summed E-state index contributed by atoms with van der Waals surface area (Å²) in [7, 11) is 4.66. The molecule has 31 heavy (non-hydrogen) atoms. The predicted octanol–water partition coefficient (Wildman–Crippen LogP) is 4.16. The zero-order chi connectivity index (χ0) is 22.2. The molecule has 0 aliphatic heterocycles. The average Bonchev–Trinajstić information content (AvgIpc) is 2.79. The molecule has 0 saturated heterocycles. The Kier molecular flexibility index (Phi) is 7.56. The zero-order valence-corrected chi connectivity index (χ0v) is 18.3. The van der Waals surface area contributed by atoms with Crippen LogP contribution in [0.2, 0.25) is 5.02 Å². The Bertz CT molecular complexity index is 1100. The van der Waals surface area contributed by atoms with Crippen molar-refractivity contribution >= 4 is 40.2 Å². The van der Waals surface area contributed by atoms with E-state index in [2.05, 4.69) is 15.6 Å². The van der Waals surface area contributed by atoms with E-state index in [1.807, 2.05) is 24.3 Å². The van der Waals surface area contributed by atoms with Crippen molar-refractivity contribution in [1.29, 1.82) is 0 Å². The van der Waals surface area contributed by atoms with E-state index in [4.69, 9.17) is 25.8 Å². The van der Waals surface area contributed by atoms with Crippen LogP contribution >= 0.6 is 11.6 Å². The van der Waals surface area contributed by atoms with E-state index in [-0.39, 0.29) is 5.91 Å². The lowest BCUT2D eigenvalue weighted by atomic mass is 10.1. The molecule has 0 fully saturated rings. The summed E-state index contributed by atoms with van der Waals surface area (Å²) in [5, 5.41) is 7.77. The Morgan fingerprint density at radius 1 is 1.00 bits per heavy atom. The van der Waals surface area contributed by atoms with Crippen LogP contribution in [0, 0.1) is 0 Å². The molecule has 3 aromatic rings. The molecule has 1 aromatic heterocycles. The highest BCUT2D eigenvalue weighted by atomic mass is 35.5. The molecule has 7 nitrogen and oxygen atoms in total. The van der Waals surface area contributed by atoms with Crippen LogP contribution in [0.5, 0.6) is 17.2 Å². The molecular weight excluding hydrogens is 418 g/mol. The second-order valence-corrected chi connectivity index (χ2v) is 6.96. The molecule has 1 amide bonds. The van der Waals surface area contributed by atoms with E-state index in [0.717, 1.165) is 16.6 Å². The Balaban J connectivity index is 1.57. The standard InChI is InChI=1S/C23H24ClN3O4/c1-29-20-14-22(31-3)21(30-2)12-15(20)4-7-23(28)27-11-10-26-18-8-9-25-19-13-16(24)5-6-17(18)19/h4-9,12-14H,10-11H2,1-3H3,(H,25,26)(H,27,28)/b7-4+. The van der Waals surface area contributed by atoms with E-state index in [9.17, 15) is 4.79 Å². The normalized spacial score (nSPS) is 10.8. The lowest BCUT2D eigenvalue weighted by Crippen LogP contribution is -2.27. The summed E-state index contributed by atoms with van der Waals surface area (Å²) in [6.07, 6.45) is 4.84. The number of pyridine rings is 1. The second kappa shape index (κ2) is 10.5. The van der Waals surface area contributed by atoms with Gasteiger partial charge in [0, 0.05) is 53.1 Å². The largest absolute Gasteiger partial charge is 0.496 e. The van der Waals surface area contributed by atoms with Crippen molar-refractivity contribution in [2.45, 2.75) is 0 Å². The highest BCUT2D eigenvalue weighted by Gasteiger charge is 2.10. The van der Waals surface area contributed by atoms with Gasteiger partial charge >= 0.3 is 0 Å². The maximum atomic E-state index is 12.2. The summed E-state index contributed by atoms with van der Waals surface area (Å²) in [5.41, 5.74) is 2.45. The van der Waals surface area contributed by atoms with Crippen LogP contribution in [0.3, 0.4) is 0 Å². The number of ether oxygens (including phenoxy) is 3. The second-order valence-electron chi connectivity index (χ2n) is 6.52. The number of anilines is 1. The van der Waals surface area contributed by atoms with Crippen molar-refractivity contribution in [3.63, 3.8) is 0 Å². The summed E-state index contributed by atoms with van der Waals surface area (Å²) in [4.78, 5) is 16.5. The van der Waals surface area contributed by atoms with Crippen molar-refractivity contribution < 1.29 is 19.0 Å². The first-order chi connectivity index (χ1) is 15.0. The Labute approximate surface area is 186 Å². The van der Waals surface area contributed by atoms with Gasteiger partial charge in [-0.3, -0.25) is 9.78 Å². The van der Waals surface area contributed by atoms with Crippen LogP contribution in [-0.4, -0.2) is 45.3 Å². The summed E-state index contributed by atoms with van der Waals surface area (Å²) < 4.78 is 15.9. The van der Waals surface area contributed by atoms with Crippen molar-refractivity contribution in [3.8, 4) is 17.2 Å². The van der Waals surface area contributed by atoms with E-state index in [1.54, 1.807) is 45.7 Å². The van der Waals surface area contributed by atoms with Gasteiger partial charge in [0.1, 0.15) is 5.75 Å². The molecule has 1 heterocycles. The third kappa shape index (κ3) is 5.58. The third-order valence-electron chi connectivity index (χ3n) is 4.59. The number of aromatic nitrogens is 1.